The van der Waals surface area contributed by atoms with Crippen molar-refractivity contribution in [2.24, 2.45) is 5.92 Å². The number of nitrogens with one attached hydrogen (secondary N) is 1. The van der Waals surface area contributed by atoms with Crippen LogP contribution in [0.25, 0.3) is 0 Å². The predicted octanol–water partition coefficient (Wildman–Crippen LogP) is 4.27. The van der Waals surface area contributed by atoms with Gasteiger partial charge in [0.2, 0.25) is 0 Å². The fourth-order valence-corrected chi connectivity index (χ4v) is 3.01. The number of phenols is 1. The monoisotopic (exact) mass is 350 g/mol. The number of hydrogen-bond donors (Lipinski definition) is 3. The molecule has 2 aromatic carbocycles. The normalized spacial score (nSPS) is 12.3. The molecule has 0 aliphatic rings. The van der Waals surface area contributed by atoms with E-state index in [4.69, 9.17) is 5.73 Å². The summed E-state index contributed by atoms with van der Waals surface area (Å²) in [5.74, 6) is 0.897. The summed E-state index contributed by atoms with van der Waals surface area (Å²) in [5, 5.41) is 13.1. The van der Waals surface area contributed by atoms with E-state index >= 15 is 0 Å². The largest absolute Gasteiger partial charge is 0.508 e. The first-order valence-electron chi connectivity index (χ1n) is 8.94. The highest BCUT2D eigenvalue weighted by Gasteiger charge is 2.17. The van der Waals surface area contributed by atoms with E-state index in [1.165, 1.54) is 0 Å². The Morgan fingerprint density at radius 3 is 2.50 bits per heavy atom. The molecule has 1 unspecified atom stereocenters. The van der Waals surface area contributed by atoms with Crippen LogP contribution >= 0.6 is 0 Å². The van der Waals surface area contributed by atoms with Crippen LogP contribution in [0.5, 0.6) is 5.75 Å². The van der Waals surface area contributed by atoms with Gasteiger partial charge < -0.3 is 20.7 Å². The average Bonchev–Trinajstić information content (AvgIpc) is 3.13. The van der Waals surface area contributed by atoms with Crippen LogP contribution in [-0.2, 0) is 0 Å². The summed E-state index contributed by atoms with van der Waals surface area (Å²) in [6.45, 7) is 5.31. The molecule has 4 N–H and O–H groups in total. The lowest BCUT2D eigenvalue weighted by molar-refractivity contribution is 0.474. The number of imidazole rings is 1. The van der Waals surface area contributed by atoms with Crippen LogP contribution < -0.4 is 11.1 Å². The highest BCUT2D eigenvalue weighted by molar-refractivity contribution is 5.67. The SMILES string of the molecule is CC(C)CCNc1cc(C(c2ccc(O)cc2)n2ccnc2)ccc1N. The van der Waals surface area contributed by atoms with E-state index in [0.29, 0.717) is 5.92 Å². The zero-order valence-electron chi connectivity index (χ0n) is 15.3. The second kappa shape index (κ2) is 7.95. The van der Waals surface area contributed by atoms with Crippen molar-refractivity contribution in [2.75, 3.05) is 17.6 Å². The summed E-state index contributed by atoms with van der Waals surface area (Å²) in [6.07, 6.45) is 6.61. The Morgan fingerprint density at radius 2 is 1.85 bits per heavy atom. The number of nitrogens with two attached hydrogens (primary N) is 1. The minimum absolute atomic E-state index is 0.0376. The summed E-state index contributed by atoms with van der Waals surface area (Å²) in [5.41, 5.74) is 10.0. The lowest BCUT2D eigenvalue weighted by Gasteiger charge is -2.21. The van der Waals surface area contributed by atoms with Crippen LogP contribution in [0.15, 0.2) is 61.2 Å². The molecule has 0 saturated carbocycles. The van der Waals surface area contributed by atoms with Crippen molar-refractivity contribution >= 4 is 11.4 Å². The maximum atomic E-state index is 9.62. The summed E-state index contributed by atoms with van der Waals surface area (Å²) < 4.78 is 2.05. The van der Waals surface area contributed by atoms with Crippen LogP contribution in [0.2, 0.25) is 0 Å². The van der Waals surface area contributed by atoms with Crippen molar-refractivity contribution in [3.63, 3.8) is 0 Å². The Hall–Kier alpha value is -2.95. The van der Waals surface area contributed by atoms with Crippen molar-refractivity contribution < 1.29 is 5.11 Å². The Kier molecular flexibility index (Phi) is 5.46. The van der Waals surface area contributed by atoms with Gasteiger partial charge in [-0.2, -0.15) is 0 Å². The smallest absolute Gasteiger partial charge is 0.115 e. The van der Waals surface area contributed by atoms with Gasteiger partial charge in [-0.1, -0.05) is 32.0 Å². The lowest BCUT2D eigenvalue weighted by Crippen LogP contribution is -2.12. The Balaban J connectivity index is 1.95. The highest BCUT2D eigenvalue weighted by atomic mass is 16.3. The van der Waals surface area contributed by atoms with E-state index in [9.17, 15) is 5.11 Å². The number of nitrogens with zero attached hydrogens (tertiary/aromatic N) is 2. The first kappa shape index (κ1) is 17.9. The molecule has 1 atom stereocenters. The minimum atomic E-state index is -0.0376. The van der Waals surface area contributed by atoms with Gasteiger partial charge in [-0.15, -0.1) is 0 Å². The molecule has 0 bridgehead atoms. The van der Waals surface area contributed by atoms with Gasteiger partial charge in [-0.05, 0) is 47.7 Å². The average molecular weight is 350 g/mol. The maximum Gasteiger partial charge on any atom is 0.115 e. The van der Waals surface area contributed by atoms with E-state index < -0.39 is 0 Å². The summed E-state index contributed by atoms with van der Waals surface area (Å²) in [7, 11) is 0. The first-order chi connectivity index (χ1) is 12.5. The number of phenolic OH excluding ortho intramolecular Hbond substituents is 1. The van der Waals surface area contributed by atoms with Crippen molar-refractivity contribution in [1.82, 2.24) is 9.55 Å². The predicted molar refractivity (Wildman–Crippen MR) is 106 cm³/mol. The third kappa shape index (κ3) is 4.17. The molecule has 0 spiro atoms. The van der Waals surface area contributed by atoms with E-state index in [0.717, 1.165) is 35.5 Å². The number of rotatable bonds is 7. The molecule has 3 rings (SSSR count). The number of benzene rings is 2. The molecule has 3 aromatic rings. The molecule has 0 aliphatic heterocycles. The number of aromatic hydroxyl groups is 1. The van der Waals surface area contributed by atoms with Crippen LogP contribution in [0, 0.1) is 5.92 Å². The van der Waals surface area contributed by atoms with Crippen molar-refractivity contribution in [3.8, 4) is 5.75 Å². The van der Waals surface area contributed by atoms with E-state index in [1.807, 2.05) is 30.5 Å². The number of nitrogen functional groups attached to an aromatic ring is 1. The molecule has 26 heavy (non-hydrogen) atoms. The molecular weight excluding hydrogens is 324 g/mol. The molecule has 0 aliphatic carbocycles. The van der Waals surface area contributed by atoms with Gasteiger partial charge in [-0.3, -0.25) is 0 Å². The quantitative estimate of drug-likeness (QED) is 0.556. The molecule has 5 heteroatoms. The number of hydrogen-bond acceptors (Lipinski definition) is 4. The van der Waals surface area contributed by atoms with Crippen LogP contribution in [0.1, 0.15) is 37.4 Å². The third-order valence-corrected chi connectivity index (χ3v) is 4.46. The minimum Gasteiger partial charge on any atom is -0.508 e. The van der Waals surface area contributed by atoms with Gasteiger partial charge in [-0.25, -0.2) is 4.98 Å². The maximum absolute atomic E-state index is 9.62. The van der Waals surface area contributed by atoms with Crippen molar-refractivity contribution in [2.45, 2.75) is 26.3 Å². The lowest BCUT2D eigenvalue weighted by atomic mass is 9.97. The Bertz CT molecular complexity index is 826. The first-order valence-corrected chi connectivity index (χ1v) is 8.94. The summed E-state index contributed by atoms with van der Waals surface area (Å²) in [6, 6.07) is 13.3. The van der Waals surface area contributed by atoms with Crippen LogP contribution in [-0.4, -0.2) is 21.2 Å². The zero-order valence-corrected chi connectivity index (χ0v) is 15.3. The molecule has 5 nitrogen and oxygen atoms in total. The van der Waals surface area contributed by atoms with E-state index in [2.05, 4.69) is 34.8 Å². The topological polar surface area (TPSA) is 76.1 Å². The van der Waals surface area contributed by atoms with Gasteiger partial charge in [0, 0.05) is 18.9 Å². The molecule has 1 aromatic heterocycles. The number of aromatic nitrogens is 2. The van der Waals surface area contributed by atoms with Crippen LogP contribution in [0.4, 0.5) is 11.4 Å². The molecule has 0 radical (unpaired) electrons. The highest BCUT2D eigenvalue weighted by Crippen LogP contribution is 2.31. The van der Waals surface area contributed by atoms with Crippen molar-refractivity contribution in [3.05, 3.63) is 72.3 Å². The fourth-order valence-electron chi connectivity index (χ4n) is 3.01. The molecule has 0 amide bonds. The molecule has 0 fully saturated rings. The van der Waals surface area contributed by atoms with Gasteiger partial charge in [0.15, 0.2) is 0 Å². The van der Waals surface area contributed by atoms with Crippen molar-refractivity contribution in [1.29, 1.82) is 0 Å². The number of anilines is 2. The summed E-state index contributed by atoms with van der Waals surface area (Å²) >= 11 is 0. The second-order valence-corrected chi connectivity index (χ2v) is 6.96. The van der Waals surface area contributed by atoms with Gasteiger partial charge in [0.05, 0.1) is 23.7 Å². The molecule has 136 valence electrons. The van der Waals surface area contributed by atoms with Gasteiger partial charge in [0.25, 0.3) is 0 Å². The van der Waals surface area contributed by atoms with E-state index in [-0.39, 0.29) is 11.8 Å². The van der Waals surface area contributed by atoms with Gasteiger partial charge >= 0.3 is 0 Å². The van der Waals surface area contributed by atoms with Crippen LogP contribution in [0.3, 0.4) is 0 Å². The summed E-state index contributed by atoms with van der Waals surface area (Å²) in [4.78, 5) is 4.19. The Labute approximate surface area is 154 Å². The van der Waals surface area contributed by atoms with E-state index in [1.54, 1.807) is 24.7 Å². The molecule has 1 heterocycles. The zero-order chi connectivity index (χ0) is 18.5. The standard InChI is InChI=1S/C21H26N4O/c1-15(2)9-10-24-20-13-17(5-8-19(20)22)21(25-12-11-23-14-25)16-3-6-18(26)7-4-16/h3-8,11-15,21,24,26H,9-10,22H2,1-2H3. The van der Waals surface area contributed by atoms with Gasteiger partial charge in [0.1, 0.15) is 5.75 Å². The molecule has 0 saturated heterocycles. The second-order valence-electron chi connectivity index (χ2n) is 6.96. The fraction of sp³-hybridized carbons (Fsp3) is 0.286. The Morgan fingerprint density at radius 1 is 1.12 bits per heavy atom. The molecular formula is C21H26N4O. The third-order valence-electron chi connectivity index (χ3n) is 4.46.